The van der Waals surface area contributed by atoms with Crippen molar-refractivity contribution in [1.29, 1.82) is 0 Å². The fourth-order valence-electron chi connectivity index (χ4n) is 2.44. The molecule has 1 aliphatic heterocycles. The molecule has 1 heteroatoms. The highest BCUT2D eigenvalue weighted by atomic mass is 15.0. The van der Waals surface area contributed by atoms with Gasteiger partial charge in [0.1, 0.15) is 0 Å². The van der Waals surface area contributed by atoms with Crippen LogP contribution in [0.3, 0.4) is 0 Å². The molecule has 0 bridgehead atoms. The molecule has 1 heterocycles. The van der Waals surface area contributed by atoms with Gasteiger partial charge in [-0.1, -0.05) is 13.8 Å². The SMILES string of the molecule is CC1CC(C)C12CNC2. The lowest BCUT2D eigenvalue weighted by Gasteiger charge is -2.60. The highest BCUT2D eigenvalue weighted by Crippen LogP contribution is 2.53. The first-order chi connectivity index (χ1) is 4.26. The van der Waals surface area contributed by atoms with E-state index in [1.807, 2.05) is 0 Å². The molecule has 2 rings (SSSR count). The van der Waals surface area contributed by atoms with Crippen molar-refractivity contribution in [3.63, 3.8) is 0 Å². The van der Waals surface area contributed by atoms with E-state index in [4.69, 9.17) is 0 Å². The van der Waals surface area contributed by atoms with Gasteiger partial charge in [0, 0.05) is 18.5 Å². The molecule has 1 aliphatic carbocycles. The van der Waals surface area contributed by atoms with E-state index >= 15 is 0 Å². The van der Waals surface area contributed by atoms with Crippen molar-refractivity contribution >= 4 is 0 Å². The quantitative estimate of drug-likeness (QED) is 0.514. The van der Waals surface area contributed by atoms with Crippen molar-refractivity contribution in [2.45, 2.75) is 20.3 Å². The Morgan fingerprint density at radius 2 is 1.78 bits per heavy atom. The molecule has 2 unspecified atom stereocenters. The van der Waals surface area contributed by atoms with Gasteiger partial charge in [0.05, 0.1) is 0 Å². The fourth-order valence-corrected chi connectivity index (χ4v) is 2.44. The van der Waals surface area contributed by atoms with E-state index in [1.165, 1.54) is 19.5 Å². The van der Waals surface area contributed by atoms with E-state index in [2.05, 4.69) is 19.2 Å². The zero-order valence-electron chi connectivity index (χ0n) is 6.28. The maximum atomic E-state index is 3.36. The molecule has 1 saturated carbocycles. The number of hydrogen-bond acceptors (Lipinski definition) is 1. The van der Waals surface area contributed by atoms with Crippen LogP contribution in [-0.2, 0) is 0 Å². The zero-order valence-corrected chi connectivity index (χ0v) is 6.28. The minimum atomic E-state index is 0.750. The van der Waals surface area contributed by atoms with Crippen molar-refractivity contribution in [1.82, 2.24) is 5.32 Å². The Balaban J connectivity index is 2.08. The summed E-state index contributed by atoms with van der Waals surface area (Å²) in [7, 11) is 0. The van der Waals surface area contributed by atoms with Crippen molar-refractivity contribution in [3.8, 4) is 0 Å². The summed E-state index contributed by atoms with van der Waals surface area (Å²) in [4.78, 5) is 0. The van der Waals surface area contributed by atoms with Gasteiger partial charge in [-0.15, -0.1) is 0 Å². The van der Waals surface area contributed by atoms with Crippen LogP contribution in [0.15, 0.2) is 0 Å². The van der Waals surface area contributed by atoms with Crippen LogP contribution >= 0.6 is 0 Å². The number of rotatable bonds is 0. The van der Waals surface area contributed by atoms with Crippen molar-refractivity contribution < 1.29 is 0 Å². The molecule has 1 spiro atoms. The van der Waals surface area contributed by atoms with Crippen LogP contribution in [0.5, 0.6) is 0 Å². The van der Waals surface area contributed by atoms with Crippen LogP contribution in [0, 0.1) is 17.3 Å². The van der Waals surface area contributed by atoms with Crippen LogP contribution in [0.4, 0.5) is 0 Å². The van der Waals surface area contributed by atoms with Gasteiger partial charge in [0.2, 0.25) is 0 Å². The summed E-state index contributed by atoms with van der Waals surface area (Å²) in [6.45, 7) is 7.35. The Kier molecular flexibility index (Phi) is 0.963. The summed E-state index contributed by atoms with van der Waals surface area (Å²) in [5.41, 5.74) is 0.750. The van der Waals surface area contributed by atoms with Crippen LogP contribution in [0.2, 0.25) is 0 Å². The van der Waals surface area contributed by atoms with E-state index in [-0.39, 0.29) is 0 Å². The van der Waals surface area contributed by atoms with Crippen molar-refractivity contribution in [2.75, 3.05) is 13.1 Å². The van der Waals surface area contributed by atoms with E-state index in [0.717, 1.165) is 17.3 Å². The lowest BCUT2D eigenvalue weighted by molar-refractivity contribution is -0.0769. The average Bonchev–Trinajstić information content (AvgIpc) is 1.60. The molecule has 0 aromatic carbocycles. The second-order valence-electron chi connectivity index (χ2n) is 3.87. The molecule has 0 aromatic heterocycles. The standard InChI is InChI=1S/C8H15N/c1-6-3-7(2)8(6)4-9-5-8/h6-7,9H,3-5H2,1-2H3. The lowest BCUT2D eigenvalue weighted by atomic mass is 9.51. The van der Waals surface area contributed by atoms with Gasteiger partial charge < -0.3 is 5.32 Å². The molecule has 0 aromatic rings. The molecule has 9 heavy (non-hydrogen) atoms. The molecule has 1 saturated heterocycles. The summed E-state index contributed by atoms with van der Waals surface area (Å²) in [6, 6.07) is 0. The summed E-state index contributed by atoms with van der Waals surface area (Å²) in [5.74, 6) is 1.99. The predicted octanol–water partition coefficient (Wildman–Crippen LogP) is 1.25. The molecule has 2 fully saturated rings. The second-order valence-corrected chi connectivity index (χ2v) is 3.87. The van der Waals surface area contributed by atoms with Gasteiger partial charge in [-0.2, -0.15) is 0 Å². The topological polar surface area (TPSA) is 12.0 Å². The van der Waals surface area contributed by atoms with Crippen molar-refractivity contribution in [2.24, 2.45) is 17.3 Å². The number of nitrogens with one attached hydrogen (secondary N) is 1. The third-order valence-corrected chi connectivity index (χ3v) is 3.58. The molecular formula is C8H15N. The third kappa shape index (κ3) is 0.493. The molecule has 2 atom stereocenters. The first-order valence-corrected chi connectivity index (χ1v) is 3.96. The second kappa shape index (κ2) is 1.51. The Labute approximate surface area is 56.8 Å². The number of hydrogen-bond donors (Lipinski definition) is 1. The summed E-state index contributed by atoms with van der Waals surface area (Å²) >= 11 is 0. The fraction of sp³-hybridized carbons (Fsp3) is 1.00. The zero-order chi connectivity index (χ0) is 6.48. The first kappa shape index (κ1) is 5.72. The maximum absolute atomic E-state index is 3.36. The first-order valence-electron chi connectivity index (χ1n) is 3.96. The molecule has 0 radical (unpaired) electrons. The maximum Gasteiger partial charge on any atom is 0.00254 e. The van der Waals surface area contributed by atoms with E-state index in [9.17, 15) is 0 Å². The van der Waals surface area contributed by atoms with Crippen LogP contribution < -0.4 is 5.32 Å². The lowest BCUT2D eigenvalue weighted by Crippen LogP contribution is -2.66. The van der Waals surface area contributed by atoms with Gasteiger partial charge in [0.25, 0.3) is 0 Å². The van der Waals surface area contributed by atoms with E-state index in [0.29, 0.717) is 0 Å². The largest absolute Gasteiger partial charge is 0.315 e. The minimum Gasteiger partial charge on any atom is -0.315 e. The van der Waals surface area contributed by atoms with E-state index in [1.54, 1.807) is 0 Å². The Morgan fingerprint density at radius 1 is 1.22 bits per heavy atom. The Hall–Kier alpha value is -0.0400. The Bertz CT molecular complexity index is 117. The molecule has 2 aliphatic rings. The normalized spacial score (nSPS) is 46.0. The molecule has 52 valence electrons. The highest BCUT2D eigenvalue weighted by molar-refractivity contribution is 5.06. The smallest absolute Gasteiger partial charge is 0.00254 e. The van der Waals surface area contributed by atoms with E-state index < -0.39 is 0 Å². The third-order valence-electron chi connectivity index (χ3n) is 3.58. The van der Waals surface area contributed by atoms with Gasteiger partial charge in [-0.3, -0.25) is 0 Å². The van der Waals surface area contributed by atoms with Crippen molar-refractivity contribution in [3.05, 3.63) is 0 Å². The van der Waals surface area contributed by atoms with Crippen LogP contribution in [-0.4, -0.2) is 13.1 Å². The minimum absolute atomic E-state index is 0.750. The van der Waals surface area contributed by atoms with Gasteiger partial charge in [0.15, 0.2) is 0 Å². The molecule has 1 nitrogen and oxygen atoms in total. The van der Waals surface area contributed by atoms with Crippen LogP contribution in [0.1, 0.15) is 20.3 Å². The molecular weight excluding hydrogens is 110 g/mol. The highest BCUT2D eigenvalue weighted by Gasteiger charge is 2.53. The molecule has 1 N–H and O–H groups in total. The summed E-state index contributed by atoms with van der Waals surface area (Å²) < 4.78 is 0. The monoisotopic (exact) mass is 125 g/mol. The molecule has 0 amide bonds. The average molecular weight is 125 g/mol. The van der Waals surface area contributed by atoms with Gasteiger partial charge >= 0.3 is 0 Å². The van der Waals surface area contributed by atoms with Gasteiger partial charge in [-0.25, -0.2) is 0 Å². The van der Waals surface area contributed by atoms with Crippen LogP contribution in [0.25, 0.3) is 0 Å². The predicted molar refractivity (Wildman–Crippen MR) is 38.2 cm³/mol. The summed E-state index contributed by atoms with van der Waals surface area (Å²) in [5, 5.41) is 3.36. The van der Waals surface area contributed by atoms with Gasteiger partial charge in [-0.05, 0) is 18.3 Å². The summed E-state index contributed by atoms with van der Waals surface area (Å²) in [6.07, 6.45) is 1.46. The Morgan fingerprint density at radius 3 is 1.89 bits per heavy atom.